The van der Waals surface area contributed by atoms with Crippen molar-refractivity contribution in [1.29, 1.82) is 0 Å². The highest BCUT2D eigenvalue weighted by Crippen LogP contribution is 2.23. The van der Waals surface area contributed by atoms with Gasteiger partial charge in [0.25, 0.3) is 5.56 Å². The molecule has 1 aliphatic rings. The third kappa shape index (κ3) is 3.37. The molecule has 29 heavy (non-hydrogen) atoms. The highest BCUT2D eigenvalue weighted by molar-refractivity contribution is 5.69. The molecule has 8 nitrogen and oxygen atoms in total. The second-order valence-electron chi connectivity index (χ2n) is 7.86. The Morgan fingerprint density at radius 1 is 0.966 bits per heavy atom. The van der Waals surface area contributed by atoms with Crippen LogP contribution in [0.1, 0.15) is 11.1 Å². The van der Waals surface area contributed by atoms with Gasteiger partial charge in [0.2, 0.25) is 0 Å². The highest BCUT2D eigenvalue weighted by Gasteiger charge is 2.20. The van der Waals surface area contributed by atoms with Gasteiger partial charge in [0, 0.05) is 59.1 Å². The lowest BCUT2D eigenvalue weighted by atomic mass is 10.1. The summed E-state index contributed by atoms with van der Waals surface area (Å²) in [6.45, 7) is 9.81. The molecule has 0 bridgehead atoms. The molecule has 2 aromatic heterocycles. The molecule has 0 N–H and O–H groups in total. The fourth-order valence-electron chi connectivity index (χ4n) is 4.11. The maximum atomic E-state index is 12.6. The number of aromatic nitrogens is 4. The molecule has 3 heterocycles. The summed E-state index contributed by atoms with van der Waals surface area (Å²) in [6.07, 6.45) is 1.66. The number of nitrogens with zero attached hydrogens (tertiary/aromatic N) is 6. The van der Waals surface area contributed by atoms with Gasteiger partial charge in [0.1, 0.15) is 0 Å². The minimum Gasteiger partial charge on any atom is -0.369 e. The van der Waals surface area contributed by atoms with Crippen LogP contribution in [0.3, 0.4) is 0 Å². The first kappa shape index (κ1) is 19.4. The highest BCUT2D eigenvalue weighted by atomic mass is 16.2. The fraction of sp³-hybridized carbons (Fsp3) is 0.476. The number of anilines is 1. The second-order valence-corrected chi connectivity index (χ2v) is 7.86. The Morgan fingerprint density at radius 2 is 1.69 bits per heavy atom. The number of hydrogen-bond acceptors (Lipinski definition) is 5. The predicted molar refractivity (Wildman–Crippen MR) is 115 cm³/mol. The first-order chi connectivity index (χ1) is 13.9. The summed E-state index contributed by atoms with van der Waals surface area (Å²) >= 11 is 0. The number of piperazine rings is 1. The molecular weight excluding hydrogens is 368 g/mol. The molecule has 1 fully saturated rings. The molecule has 0 atom stereocenters. The molecule has 1 aliphatic heterocycles. The van der Waals surface area contributed by atoms with E-state index in [-0.39, 0.29) is 11.2 Å². The molecule has 154 valence electrons. The smallest absolute Gasteiger partial charge is 0.332 e. The van der Waals surface area contributed by atoms with Crippen LogP contribution in [0.15, 0.2) is 34.1 Å². The SMILES string of the molecule is Cc1cccc(N2CCN(CCn3cnc4c3c(=O)n(C)c(=O)n4C)CC2)c1C. The average Bonchev–Trinajstić information content (AvgIpc) is 3.16. The van der Waals surface area contributed by atoms with E-state index in [4.69, 9.17) is 0 Å². The standard InChI is InChI=1S/C21H28N6O2/c1-15-6-5-7-17(16(15)2)26-11-8-25(9-12-26)10-13-27-14-22-19-18(27)20(28)24(4)21(29)23(19)3/h5-7,14H,8-13H2,1-4H3. The van der Waals surface area contributed by atoms with Gasteiger partial charge < -0.3 is 9.47 Å². The first-order valence-electron chi connectivity index (χ1n) is 10.0. The quantitative estimate of drug-likeness (QED) is 0.655. The van der Waals surface area contributed by atoms with Crippen LogP contribution in [0.25, 0.3) is 11.2 Å². The average molecular weight is 396 g/mol. The lowest BCUT2D eigenvalue weighted by Gasteiger charge is -2.37. The molecular formula is C21H28N6O2. The maximum Gasteiger partial charge on any atom is 0.332 e. The topological polar surface area (TPSA) is 68.3 Å². The zero-order valence-corrected chi connectivity index (χ0v) is 17.6. The van der Waals surface area contributed by atoms with Crippen LogP contribution >= 0.6 is 0 Å². The number of imidazole rings is 1. The van der Waals surface area contributed by atoms with Crippen LogP contribution in [0.4, 0.5) is 5.69 Å². The summed E-state index contributed by atoms with van der Waals surface area (Å²) < 4.78 is 4.44. The Labute approximate surface area is 169 Å². The number of benzene rings is 1. The summed E-state index contributed by atoms with van der Waals surface area (Å²) in [5.41, 5.74) is 4.30. The Balaban J connectivity index is 1.45. The second kappa shape index (κ2) is 7.51. The minimum atomic E-state index is -0.352. The van der Waals surface area contributed by atoms with Gasteiger partial charge in [-0.25, -0.2) is 9.78 Å². The van der Waals surface area contributed by atoms with Gasteiger partial charge in [-0.1, -0.05) is 12.1 Å². The third-order valence-corrected chi connectivity index (χ3v) is 6.16. The fourth-order valence-corrected chi connectivity index (χ4v) is 4.11. The van der Waals surface area contributed by atoms with Gasteiger partial charge in [0.05, 0.1) is 6.33 Å². The minimum absolute atomic E-state index is 0.291. The summed E-state index contributed by atoms with van der Waals surface area (Å²) in [5.74, 6) is 0. The van der Waals surface area contributed by atoms with Crippen molar-refractivity contribution < 1.29 is 0 Å². The summed E-state index contributed by atoms with van der Waals surface area (Å²) in [6, 6.07) is 6.49. The van der Waals surface area contributed by atoms with Crippen molar-refractivity contribution >= 4 is 16.9 Å². The van der Waals surface area contributed by atoms with Gasteiger partial charge in [-0.15, -0.1) is 0 Å². The normalized spacial score (nSPS) is 15.4. The zero-order chi connectivity index (χ0) is 20.7. The van der Waals surface area contributed by atoms with Gasteiger partial charge >= 0.3 is 5.69 Å². The first-order valence-corrected chi connectivity index (χ1v) is 10.0. The molecule has 0 radical (unpaired) electrons. The summed E-state index contributed by atoms with van der Waals surface area (Å²) in [7, 11) is 3.15. The molecule has 0 unspecified atom stereocenters. The number of hydrogen-bond donors (Lipinski definition) is 0. The summed E-state index contributed by atoms with van der Waals surface area (Å²) in [4.78, 5) is 33.8. The Morgan fingerprint density at radius 3 is 2.41 bits per heavy atom. The Hall–Kier alpha value is -2.87. The van der Waals surface area contributed by atoms with Crippen molar-refractivity contribution in [2.75, 3.05) is 37.6 Å². The number of aryl methyl sites for hydroxylation is 2. The van der Waals surface area contributed by atoms with E-state index in [2.05, 4.69) is 46.8 Å². The van der Waals surface area contributed by atoms with Crippen molar-refractivity contribution in [2.45, 2.75) is 20.4 Å². The van der Waals surface area contributed by atoms with Gasteiger partial charge in [-0.3, -0.25) is 18.8 Å². The molecule has 0 aliphatic carbocycles. The maximum absolute atomic E-state index is 12.6. The van der Waals surface area contributed by atoms with Crippen molar-refractivity contribution in [3.63, 3.8) is 0 Å². The molecule has 4 rings (SSSR count). The molecule has 8 heteroatoms. The predicted octanol–water partition coefficient (Wildman–Crippen LogP) is 0.873. The van der Waals surface area contributed by atoms with E-state index in [9.17, 15) is 9.59 Å². The van der Waals surface area contributed by atoms with E-state index < -0.39 is 0 Å². The monoisotopic (exact) mass is 396 g/mol. The van der Waals surface area contributed by atoms with Crippen LogP contribution in [0, 0.1) is 13.8 Å². The van der Waals surface area contributed by atoms with Crippen molar-refractivity contribution in [3.05, 3.63) is 56.5 Å². The van der Waals surface area contributed by atoms with Gasteiger partial charge in [-0.2, -0.15) is 0 Å². The molecule has 3 aromatic rings. The van der Waals surface area contributed by atoms with E-state index in [1.54, 1.807) is 13.4 Å². The molecule has 1 aromatic carbocycles. The number of fused-ring (bicyclic) bond motifs is 1. The van der Waals surface area contributed by atoms with E-state index in [0.717, 1.165) is 37.3 Å². The van der Waals surface area contributed by atoms with Crippen molar-refractivity contribution in [1.82, 2.24) is 23.6 Å². The molecule has 1 saturated heterocycles. The lowest BCUT2D eigenvalue weighted by molar-refractivity contribution is 0.249. The lowest BCUT2D eigenvalue weighted by Crippen LogP contribution is -2.47. The largest absolute Gasteiger partial charge is 0.369 e. The molecule has 0 saturated carbocycles. The van der Waals surface area contributed by atoms with E-state index in [1.807, 2.05) is 4.57 Å². The van der Waals surface area contributed by atoms with E-state index >= 15 is 0 Å². The Bertz CT molecular complexity index is 1160. The van der Waals surface area contributed by atoms with E-state index in [0.29, 0.717) is 17.7 Å². The van der Waals surface area contributed by atoms with Crippen molar-refractivity contribution in [3.8, 4) is 0 Å². The van der Waals surface area contributed by atoms with Crippen LogP contribution in [0.2, 0.25) is 0 Å². The number of rotatable bonds is 4. The van der Waals surface area contributed by atoms with Gasteiger partial charge in [0.15, 0.2) is 11.2 Å². The molecule has 0 spiro atoms. The Kier molecular flexibility index (Phi) is 5.04. The van der Waals surface area contributed by atoms with Crippen LogP contribution < -0.4 is 16.1 Å². The van der Waals surface area contributed by atoms with Crippen LogP contribution in [-0.2, 0) is 20.6 Å². The van der Waals surface area contributed by atoms with E-state index in [1.165, 1.54) is 28.4 Å². The van der Waals surface area contributed by atoms with Crippen molar-refractivity contribution in [2.24, 2.45) is 14.1 Å². The molecule has 0 amide bonds. The zero-order valence-electron chi connectivity index (χ0n) is 17.6. The summed E-state index contributed by atoms with van der Waals surface area (Å²) in [5, 5.41) is 0. The third-order valence-electron chi connectivity index (χ3n) is 6.16. The van der Waals surface area contributed by atoms with Crippen LogP contribution in [0.5, 0.6) is 0 Å². The van der Waals surface area contributed by atoms with Crippen LogP contribution in [-0.4, -0.2) is 56.3 Å². The van der Waals surface area contributed by atoms with Gasteiger partial charge in [-0.05, 0) is 31.0 Å².